The maximum atomic E-state index is 12.9. The van der Waals surface area contributed by atoms with Crippen molar-refractivity contribution in [2.75, 3.05) is 26.7 Å². The van der Waals surface area contributed by atoms with Crippen LogP contribution in [0, 0.1) is 0 Å². The first kappa shape index (κ1) is 23.5. The van der Waals surface area contributed by atoms with Crippen molar-refractivity contribution in [1.29, 1.82) is 0 Å². The first-order valence-electron chi connectivity index (χ1n) is 10.1. The Bertz CT molecular complexity index is 746. The number of carbonyl (C=O) groups excluding carboxylic acids is 3. The molecule has 8 nitrogen and oxygen atoms in total. The molecule has 1 heterocycles. The Balaban J connectivity index is 2.19. The monoisotopic (exact) mass is 420 g/mol. The van der Waals surface area contributed by atoms with Gasteiger partial charge >= 0.3 is 18.2 Å². The van der Waals surface area contributed by atoms with E-state index in [0.29, 0.717) is 6.42 Å². The highest BCUT2D eigenvalue weighted by molar-refractivity contribution is 5.76. The lowest BCUT2D eigenvalue weighted by molar-refractivity contribution is -0.145. The number of rotatable bonds is 5. The van der Waals surface area contributed by atoms with Crippen molar-refractivity contribution in [2.24, 2.45) is 0 Å². The highest BCUT2D eigenvalue weighted by atomic mass is 16.6. The van der Waals surface area contributed by atoms with E-state index in [1.807, 2.05) is 37.3 Å². The average molecular weight is 421 g/mol. The van der Waals surface area contributed by atoms with Crippen molar-refractivity contribution in [3.8, 4) is 0 Å². The molecule has 1 aromatic carbocycles. The van der Waals surface area contributed by atoms with Crippen LogP contribution in [0.4, 0.5) is 9.59 Å². The second-order valence-electron chi connectivity index (χ2n) is 8.42. The Hall–Kier alpha value is -2.77. The molecular weight excluding hydrogens is 388 g/mol. The number of hydrogen-bond donors (Lipinski definition) is 0. The number of benzene rings is 1. The number of ether oxygens (including phenoxy) is 3. The summed E-state index contributed by atoms with van der Waals surface area (Å²) in [5.74, 6) is -0.455. The van der Waals surface area contributed by atoms with Gasteiger partial charge in [0.05, 0.1) is 19.1 Å². The van der Waals surface area contributed by atoms with Gasteiger partial charge in [-0.2, -0.15) is 0 Å². The molecular formula is C22H32N2O6. The Labute approximate surface area is 178 Å². The molecule has 30 heavy (non-hydrogen) atoms. The number of piperazine rings is 1. The molecule has 2 amide bonds. The topological polar surface area (TPSA) is 85.4 Å². The first-order chi connectivity index (χ1) is 14.1. The fourth-order valence-corrected chi connectivity index (χ4v) is 3.46. The minimum absolute atomic E-state index is 0.0419. The van der Waals surface area contributed by atoms with Crippen LogP contribution in [0.1, 0.15) is 46.1 Å². The molecule has 0 spiro atoms. The predicted octanol–water partition coefficient (Wildman–Crippen LogP) is 3.59. The summed E-state index contributed by atoms with van der Waals surface area (Å²) in [6, 6.07) is 9.37. The largest absolute Gasteiger partial charge is 0.469 e. The molecule has 0 radical (unpaired) electrons. The van der Waals surface area contributed by atoms with Crippen LogP contribution in [0.2, 0.25) is 0 Å². The minimum atomic E-state index is -0.935. The normalized spacial score (nSPS) is 19.2. The molecule has 0 saturated carbocycles. The zero-order valence-electron chi connectivity index (χ0n) is 18.5. The summed E-state index contributed by atoms with van der Waals surface area (Å²) in [5, 5.41) is 0. The van der Waals surface area contributed by atoms with Crippen LogP contribution in [0.3, 0.4) is 0 Å². The second-order valence-corrected chi connectivity index (χ2v) is 8.42. The molecule has 0 bridgehead atoms. The quantitative estimate of drug-likeness (QED) is 0.535. The summed E-state index contributed by atoms with van der Waals surface area (Å²) in [5.41, 5.74) is -0.705. The van der Waals surface area contributed by atoms with Gasteiger partial charge in [0.2, 0.25) is 0 Å². The number of esters is 1. The molecule has 1 atom stereocenters. The molecule has 166 valence electrons. The summed E-state index contributed by atoms with van der Waals surface area (Å²) >= 11 is 0. The summed E-state index contributed by atoms with van der Waals surface area (Å²) < 4.78 is 15.9. The van der Waals surface area contributed by atoms with Crippen LogP contribution in [-0.2, 0) is 25.6 Å². The average Bonchev–Trinajstić information content (AvgIpc) is 2.71. The van der Waals surface area contributed by atoms with E-state index >= 15 is 0 Å². The van der Waals surface area contributed by atoms with E-state index in [1.54, 1.807) is 30.6 Å². The number of carbonyl (C=O) groups is 3. The predicted molar refractivity (Wildman–Crippen MR) is 111 cm³/mol. The standard InChI is InChI=1S/C22H32N2O6/c1-6-22(14-18(25)28-5)16-23(19(26)30-21(2,3)4)12-13-24(22)20(27)29-15-17-10-8-7-9-11-17/h7-11H,6,12-16H2,1-5H3. The molecule has 0 aliphatic carbocycles. The molecule has 0 N–H and O–H groups in total. The Morgan fingerprint density at radius 3 is 2.30 bits per heavy atom. The van der Waals surface area contributed by atoms with E-state index < -0.39 is 29.3 Å². The summed E-state index contributed by atoms with van der Waals surface area (Å²) in [6.45, 7) is 8.07. The van der Waals surface area contributed by atoms with Gasteiger partial charge in [-0.15, -0.1) is 0 Å². The van der Waals surface area contributed by atoms with Crippen molar-refractivity contribution >= 4 is 18.2 Å². The van der Waals surface area contributed by atoms with E-state index in [2.05, 4.69) is 0 Å². The molecule has 0 aromatic heterocycles. The van der Waals surface area contributed by atoms with E-state index in [1.165, 1.54) is 7.11 Å². The van der Waals surface area contributed by atoms with E-state index in [0.717, 1.165) is 5.56 Å². The zero-order valence-corrected chi connectivity index (χ0v) is 18.5. The van der Waals surface area contributed by atoms with Gasteiger partial charge in [-0.05, 0) is 32.8 Å². The summed E-state index contributed by atoms with van der Waals surface area (Å²) in [4.78, 5) is 40.8. The summed E-state index contributed by atoms with van der Waals surface area (Å²) in [7, 11) is 1.30. The van der Waals surface area contributed by atoms with Crippen molar-refractivity contribution in [3.05, 3.63) is 35.9 Å². The molecule has 8 heteroatoms. The van der Waals surface area contributed by atoms with Crippen molar-refractivity contribution in [3.63, 3.8) is 0 Å². The molecule has 1 fully saturated rings. The molecule has 1 aliphatic heterocycles. The van der Waals surface area contributed by atoms with Crippen LogP contribution < -0.4 is 0 Å². The zero-order chi connectivity index (χ0) is 22.4. The maximum absolute atomic E-state index is 12.9. The molecule has 1 aliphatic rings. The molecule has 1 aromatic rings. The third kappa shape index (κ3) is 6.11. The van der Waals surface area contributed by atoms with Gasteiger partial charge < -0.3 is 19.1 Å². The number of methoxy groups -OCH3 is 1. The Morgan fingerprint density at radius 1 is 1.07 bits per heavy atom. The van der Waals surface area contributed by atoms with Crippen LogP contribution in [0.25, 0.3) is 0 Å². The fourth-order valence-electron chi connectivity index (χ4n) is 3.46. The third-order valence-electron chi connectivity index (χ3n) is 5.09. The number of nitrogens with zero attached hydrogens (tertiary/aromatic N) is 2. The van der Waals surface area contributed by atoms with E-state index in [4.69, 9.17) is 14.2 Å². The van der Waals surface area contributed by atoms with Crippen LogP contribution in [0.15, 0.2) is 30.3 Å². The lowest BCUT2D eigenvalue weighted by atomic mass is 9.87. The van der Waals surface area contributed by atoms with Crippen molar-refractivity contribution in [1.82, 2.24) is 9.80 Å². The van der Waals surface area contributed by atoms with Crippen LogP contribution in [0.5, 0.6) is 0 Å². The molecule has 1 saturated heterocycles. The summed E-state index contributed by atoms with van der Waals surface area (Å²) in [6.07, 6.45) is -0.586. The van der Waals surface area contributed by atoms with Crippen LogP contribution >= 0.6 is 0 Å². The Kier molecular flexibility index (Phi) is 7.70. The number of hydrogen-bond acceptors (Lipinski definition) is 6. The first-order valence-corrected chi connectivity index (χ1v) is 10.1. The van der Waals surface area contributed by atoms with Crippen LogP contribution in [-0.4, -0.2) is 65.8 Å². The smallest absolute Gasteiger partial charge is 0.410 e. The minimum Gasteiger partial charge on any atom is -0.469 e. The van der Waals surface area contributed by atoms with Gasteiger partial charge in [0, 0.05) is 19.6 Å². The van der Waals surface area contributed by atoms with E-state index in [-0.39, 0.29) is 32.7 Å². The van der Waals surface area contributed by atoms with Gasteiger partial charge in [-0.25, -0.2) is 9.59 Å². The number of amides is 2. The SMILES string of the molecule is CCC1(CC(=O)OC)CN(C(=O)OC(C)(C)C)CCN1C(=O)OCc1ccccc1. The van der Waals surface area contributed by atoms with Gasteiger partial charge in [0.15, 0.2) is 0 Å². The van der Waals surface area contributed by atoms with Gasteiger partial charge in [-0.1, -0.05) is 37.3 Å². The van der Waals surface area contributed by atoms with Crippen molar-refractivity contribution in [2.45, 2.75) is 58.3 Å². The lowest BCUT2D eigenvalue weighted by Gasteiger charge is -2.49. The molecule has 1 unspecified atom stereocenters. The highest BCUT2D eigenvalue weighted by Gasteiger charge is 2.47. The fraction of sp³-hybridized carbons (Fsp3) is 0.591. The van der Waals surface area contributed by atoms with Crippen molar-refractivity contribution < 1.29 is 28.6 Å². The van der Waals surface area contributed by atoms with Gasteiger partial charge in [0.25, 0.3) is 0 Å². The maximum Gasteiger partial charge on any atom is 0.410 e. The second kappa shape index (κ2) is 9.82. The lowest BCUT2D eigenvalue weighted by Crippen LogP contribution is -2.65. The highest BCUT2D eigenvalue weighted by Crippen LogP contribution is 2.31. The van der Waals surface area contributed by atoms with E-state index in [9.17, 15) is 14.4 Å². The third-order valence-corrected chi connectivity index (χ3v) is 5.09. The van der Waals surface area contributed by atoms with Gasteiger partial charge in [0.1, 0.15) is 12.2 Å². The molecule has 2 rings (SSSR count). The van der Waals surface area contributed by atoms with Gasteiger partial charge in [-0.3, -0.25) is 9.69 Å². The Morgan fingerprint density at radius 2 is 1.73 bits per heavy atom.